The fourth-order valence-electron chi connectivity index (χ4n) is 1.09. The average Bonchev–Trinajstić information content (AvgIpc) is 2.53. The van der Waals surface area contributed by atoms with Gasteiger partial charge < -0.3 is 4.74 Å². The van der Waals surface area contributed by atoms with Gasteiger partial charge in [0, 0.05) is 20.7 Å². The summed E-state index contributed by atoms with van der Waals surface area (Å²) in [5.41, 5.74) is 0.417. The number of hydrogen-bond donors (Lipinski definition) is 0. The summed E-state index contributed by atoms with van der Waals surface area (Å²) in [5, 5.41) is 4.05. The maximum absolute atomic E-state index is 10.5. The van der Waals surface area contributed by atoms with Gasteiger partial charge in [0.25, 0.3) is 0 Å². The Morgan fingerprint density at radius 2 is 2.25 bits per heavy atom. The molecule has 1 aromatic rings. The first-order chi connectivity index (χ1) is 7.42. The van der Waals surface area contributed by atoms with Crippen LogP contribution in [0.15, 0.2) is 10.7 Å². The van der Waals surface area contributed by atoms with Gasteiger partial charge in [-0.2, -0.15) is 5.10 Å². The molecule has 0 saturated carbocycles. The number of aldehydes is 1. The highest BCUT2D eigenvalue weighted by atomic mass is 79.9. The smallest absolute Gasteiger partial charge is 0.170 e. The lowest BCUT2D eigenvalue weighted by atomic mass is 10.5. The van der Waals surface area contributed by atoms with Gasteiger partial charge in [0.1, 0.15) is 17.0 Å². The van der Waals surface area contributed by atoms with Crippen LogP contribution in [0.3, 0.4) is 0 Å². The number of rotatable bonds is 6. The second-order valence-electron chi connectivity index (χ2n) is 4.86. The van der Waals surface area contributed by atoms with Crippen molar-refractivity contribution in [1.82, 2.24) is 9.78 Å². The Labute approximate surface area is 105 Å². The molecule has 0 saturated heterocycles. The van der Waals surface area contributed by atoms with Crippen molar-refractivity contribution < 1.29 is 9.53 Å². The molecule has 16 heavy (non-hydrogen) atoms. The topological polar surface area (TPSA) is 44.1 Å². The molecule has 90 valence electrons. The molecule has 0 radical (unpaired) electrons. The van der Waals surface area contributed by atoms with Crippen LogP contribution in [0.25, 0.3) is 0 Å². The van der Waals surface area contributed by atoms with Crippen LogP contribution in [0.5, 0.6) is 0 Å². The summed E-state index contributed by atoms with van der Waals surface area (Å²) in [6.45, 7) is 8.07. The zero-order chi connectivity index (χ0) is 12.2. The fourth-order valence-corrected chi connectivity index (χ4v) is 2.26. The molecule has 0 spiro atoms. The van der Waals surface area contributed by atoms with E-state index in [1.165, 1.54) is 0 Å². The van der Waals surface area contributed by atoms with Crippen molar-refractivity contribution >= 4 is 30.3 Å². The number of aromatic nitrogens is 2. The molecule has 1 aromatic heterocycles. The van der Waals surface area contributed by atoms with Crippen molar-refractivity contribution in [2.45, 2.75) is 32.4 Å². The molecular weight excluding hydrogens is 288 g/mol. The van der Waals surface area contributed by atoms with Gasteiger partial charge in [0.15, 0.2) is 6.29 Å². The molecule has 0 aromatic carbocycles. The van der Waals surface area contributed by atoms with E-state index in [9.17, 15) is 4.79 Å². The molecule has 0 N–H and O–H groups in total. The van der Waals surface area contributed by atoms with Gasteiger partial charge in [-0.25, -0.2) is 4.68 Å². The van der Waals surface area contributed by atoms with Crippen LogP contribution in [0.4, 0.5) is 0 Å². The minimum Gasteiger partial charge on any atom is -0.359 e. The summed E-state index contributed by atoms with van der Waals surface area (Å²) < 4.78 is 7.92. The van der Waals surface area contributed by atoms with Gasteiger partial charge in [-0.1, -0.05) is 19.6 Å². The average molecular weight is 305 g/mol. The summed E-state index contributed by atoms with van der Waals surface area (Å²) in [7, 11) is -1.03. The predicted octanol–water partition coefficient (Wildman–Crippen LogP) is 2.77. The third-order valence-electron chi connectivity index (χ3n) is 2.08. The van der Waals surface area contributed by atoms with Crippen molar-refractivity contribution in [2.24, 2.45) is 0 Å². The first-order valence-corrected chi connectivity index (χ1v) is 9.69. The third-order valence-corrected chi connectivity index (χ3v) is 4.42. The first kappa shape index (κ1) is 13.6. The molecule has 1 rings (SSSR count). The van der Waals surface area contributed by atoms with Crippen molar-refractivity contribution in [3.8, 4) is 0 Å². The van der Waals surface area contributed by atoms with Crippen LogP contribution in [0.2, 0.25) is 25.7 Å². The van der Waals surface area contributed by atoms with Crippen LogP contribution in [-0.2, 0) is 11.5 Å². The molecule has 0 aliphatic carbocycles. The van der Waals surface area contributed by atoms with E-state index in [0.717, 1.165) is 23.5 Å². The minimum absolute atomic E-state index is 0.388. The van der Waals surface area contributed by atoms with E-state index in [-0.39, 0.29) is 0 Å². The SMILES string of the molecule is C[Si](C)(C)CCOCn1nc(C=O)cc1Br. The van der Waals surface area contributed by atoms with Gasteiger partial charge in [-0.05, 0) is 22.0 Å². The second-order valence-corrected chi connectivity index (χ2v) is 11.3. The van der Waals surface area contributed by atoms with Gasteiger partial charge in [0.2, 0.25) is 0 Å². The van der Waals surface area contributed by atoms with E-state index in [1.54, 1.807) is 10.7 Å². The molecule has 1 heterocycles. The molecular formula is C10H17BrN2O2Si. The molecule has 0 aliphatic heterocycles. The maximum Gasteiger partial charge on any atom is 0.170 e. The fraction of sp³-hybridized carbons (Fsp3) is 0.600. The Bertz CT molecular complexity index is 360. The highest BCUT2D eigenvalue weighted by Crippen LogP contribution is 2.12. The lowest BCUT2D eigenvalue weighted by Crippen LogP contribution is -2.22. The van der Waals surface area contributed by atoms with Gasteiger partial charge in [-0.3, -0.25) is 4.79 Å². The number of halogens is 1. The molecule has 0 aliphatic rings. The Hall–Kier alpha value is -0.463. The van der Waals surface area contributed by atoms with E-state index in [4.69, 9.17) is 4.74 Å². The Morgan fingerprint density at radius 3 is 2.75 bits per heavy atom. The molecule has 0 atom stereocenters. The quantitative estimate of drug-likeness (QED) is 0.461. The van der Waals surface area contributed by atoms with Crippen molar-refractivity contribution in [3.05, 3.63) is 16.4 Å². The summed E-state index contributed by atoms with van der Waals surface area (Å²) >= 11 is 3.32. The van der Waals surface area contributed by atoms with Crippen LogP contribution in [-0.4, -0.2) is 30.7 Å². The monoisotopic (exact) mass is 304 g/mol. The molecule has 0 bridgehead atoms. The zero-order valence-electron chi connectivity index (χ0n) is 9.86. The summed E-state index contributed by atoms with van der Waals surface area (Å²) in [4.78, 5) is 10.5. The normalized spacial score (nSPS) is 11.8. The van der Waals surface area contributed by atoms with Crippen molar-refractivity contribution in [3.63, 3.8) is 0 Å². The van der Waals surface area contributed by atoms with Crippen LogP contribution < -0.4 is 0 Å². The molecule has 0 fully saturated rings. The minimum atomic E-state index is -1.03. The van der Waals surface area contributed by atoms with E-state index in [0.29, 0.717) is 12.4 Å². The first-order valence-electron chi connectivity index (χ1n) is 5.19. The Balaban J connectivity index is 2.37. The molecule has 0 unspecified atom stereocenters. The van der Waals surface area contributed by atoms with E-state index in [2.05, 4.69) is 40.7 Å². The third kappa shape index (κ3) is 4.59. The lowest BCUT2D eigenvalue weighted by molar-refractivity contribution is 0.0766. The van der Waals surface area contributed by atoms with Gasteiger partial charge in [0.05, 0.1) is 0 Å². The largest absolute Gasteiger partial charge is 0.359 e. The summed E-state index contributed by atoms with van der Waals surface area (Å²) in [5.74, 6) is 0. The van der Waals surface area contributed by atoms with Crippen molar-refractivity contribution in [1.29, 1.82) is 0 Å². The lowest BCUT2D eigenvalue weighted by Gasteiger charge is -2.15. The van der Waals surface area contributed by atoms with Crippen LogP contribution in [0, 0.1) is 0 Å². The highest BCUT2D eigenvalue weighted by Gasteiger charge is 2.12. The number of carbonyl (C=O) groups is 1. The van der Waals surface area contributed by atoms with E-state index >= 15 is 0 Å². The standard InChI is InChI=1S/C10H17BrN2O2Si/c1-16(2,3)5-4-15-8-13-10(11)6-9(7-14)12-13/h6-7H,4-5,8H2,1-3H3. The van der Waals surface area contributed by atoms with E-state index in [1.807, 2.05) is 0 Å². The van der Waals surface area contributed by atoms with Crippen LogP contribution in [0.1, 0.15) is 10.5 Å². The molecule has 0 amide bonds. The second kappa shape index (κ2) is 5.74. The number of carbonyl (C=O) groups excluding carboxylic acids is 1. The Kier molecular flexibility index (Phi) is 4.88. The predicted molar refractivity (Wildman–Crippen MR) is 69.4 cm³/mol. The highest BCUT2D eigenvalue weighted by molar-refractivity contribution is 9.10. The molecule has 6 heteroatoms. The number of hydrogen-bond acceptors (Lipinski definition) is 3. The summed E-state index contributed by atoms with van der Waals surface area (Å²) in [6, 6.07) is 2.81. The van der Waals surface area contributed by atoms with Crippen molar-refractivity contribution in [2.75, 3.05) is 6.61 Å². The molecule has 4 nitrogen and oxygen atoms in total. The number of nitrogens with zero attached hydrogens (tertiary/aromatic N) is 2. The summed E-state index contributed by atoms with van der Waals surface area (Å²) in [6.07, 6.45) is 0.726. The zero-order valence-corrected chi connectivity index (χ0v) is 12.5. The number of ether oxygens (including phenoxy) is 1. The maximum atomic E-state index is 10.5. The Morgan fingerprint density at radius 1 is 1.56 bits per heavy atom. The van der Waals surface area contributed by atoms with Gasteiger partial charge >= 0.3 is 0 Å². The van der Waals surface area contributed by atoms with Crippen LogP contribution >= 0.6 is 15.9 Å². The van der Waals surface area contributed by atoms with Gasteiger partial charge in [-0.15, -0.1) is 0 Å². The van der Waals surface area contributed by atoms with E-state index < -0.39 is 8.07 Å².